The van der Waals surface area contributed by atoms with Gasteiger partial charge in [-0.25, -0.2) is 0 Å². The van der Waals surface area contributed by atoms with Gasteiger partial charge < -0.3 is 15.4 Å². The molecule has 0 bridgehead atoms. The van der Waals surface area contributed by atoms with Gasteiger partial charge in [0, 0.05) is 29.5 Å². The number of nitrogens with two attached hydrogens (primary N) is 1. The molecule has 2 aliphatic rings. The smallest absolute Gasteiger partial charge is 0.178 e. The van der Waals surface area contributed by atoms with Gasteiger partial charge in [-0.05, 0) is 26.7 Å². The van der Waals surface area contributed by atoms with Gasteiger partial charge in [0.15, 0.2) is 11.5 Å². The summed E-state index contributed by atoms with van der Waals surface area (Å²) in [6.07, 6.45) is 2.00. The second kappa shape index (κ2) is 5.39. The average Bonchev–Trinajstić information content (AvgIpc) is 3.21. The molecule has 116 valence electrons. The standard InChI is InChI=1S/C15H22N2O2S2/c1-15(2)8-17(6-7-20-15)14-12(19-3)10(16)13(21-14)11(18)9-4-5-9/h9H,4-8,16H2,1-3H3. The molecule has 2 N–H and O–H groups in total. The van der Waals surface area contributed by atoms with E-state index in [1.807, 2.05) is 11.8 Å². The molecule has 0 amide bonds. The lowest BCUT2D eigenvalue weighted by molar-refractivity contribution is 0.0972. The molecule has 3 rings (SSSR count). The molecule has 1 aliphatic heterocycles. The number of ether oxygens (including phenoxy) is 1. The molecular formula is C15H22N2O2S2. The summed E-state index contributed by atoms with van der Waals surface area (Å²) in [5, 5.41) is 1.02. The summed E-state index contributed by atoms with van der Waals surface area (Å²) in [6, 6.07) is 0. The highest BCUT2D eigenvalue weighted by Crippen LogP contribution is 2.49. The summed E-state index contributed by atoms with van der Waals surface area (Å²) >= 11 is 3.50. The highest BCUT2D eigenvalue weighted by atomic mass is 32.2. The lowest BCUT2D eigenvalue weighted by atomic mass is 10.2. The van der Waals surface area contributed by atoms with Crippen molar-refractivity contribution in [3.63, 3.8) is 0 Å². The SMILES string of the molecule is COc1c(N2CCSC(C)(C)C2)sc(C(=O)C2CC2)c1N. The Bertz CT molecular complexity index is 564. The molecule has 4 nitrogen and oxygen atoms in total. The summed E-state index contributed by atoms with van der Waals surface area (Å²) in [5.41, 5.74) is 6.72. The summed E-state index contributed by atoms with van der Waals surface area (Å²) in [7, 11) is 1.64. The number of anilines is 2. The Morgan fingerprint density at radius 1 is 1.43 bits per heavy atom. The molecule has 1 aliphatic carbocycles. The first kappa shape index (κ1) is 15.0. The molecule has 2 fully saturated rings. The van der Waals surface area contributed by atoms with E-state index in [1.54, 1.807) is 7.11 Å². The third kappa shape index (κ3) is 2.88. The van der Waals surface area contributed by atoms with E-state index in [-0.39, 0.29) is 16.4 Å². The summed E-state index contributed by atoms with van der Waals surface area (Å²) in [6.45, 7) is 6.43. The zero-order chi connectivity index (χ0) is 15.2. The fourth-order valence-electron chi connectivity index (χ4n) is 2.73. The molecule has 0 spiro atoms. The molecule has 1 aromatic heterocycles. The number of nitrogens with zero attached hydrogens (tertiary/aromatic N) is 1. The monoisotopic (exact) mass is 326 g/mol. The van der Waals surface area contributed by atoms with Crippen molar-refractivity contribution in [3.05, 3.63) is 4.88 Å². The van der Waals surface area contributed by atoms with E-state index < -0.39 is 0 Å². The minimum Gasteiger partial charge on any atom is -0.492 e. The first-order valence-corrected chi connectivity index (χ1v) is 9.12. The van der Waals surface area contributed by atoms with E-state index in [9.17, 15) is 4.79 Å². The zero-order valence-electron chi connectivity index (χ0n) is 12.8. The van der Waals surface area contributed by atoms with E-state index in [2.05, 4.69) is 18.7 Å². The van der Waals surface area contributed by atoms with Gasteiger partial charge >= 0.3 is 0 Å². The number of carbonyl (C=O) groups is 1. The number of hydrogen-bond donors (Lipinski definition) is 1. The zero-order valence-corrected chi connectivity index (χ0v) is 14.4. The number of ketones is 1. The van der Waals surface area contributed by atoms with Gasteiger partial charge in [0.2, 0.25) is 0 Å². The molecular weight excluding hydrogens is 304 g/mol. The number of rotatable bonds is 4. The Balaban J connectivity index is 1.94. The Labute approximate surface area is 134 Å². The second-order valence-electron chi connectivity index (χ2n) is 6.35. The molecule has 1 saturated heterocycles. The van der Waals surface area contributed by atoms with Crippen LogP contribution in [0.15, 0.2) is 0 Å². The van der Waals surface area contributed by atoms with Gasteiger partial charge in [-0.15, -0.1) is 11.3 Å². The number of carbonyl (C=O) groups excluding carboxylic acids is 1. The van der Waals surface area contributed by atoms with Crippen molar-refractivity contribution in [1.29, 1.82) is 0 Å². The molecule has 6 heteroatoms. The van der Waals surface area contributed by atoms with Crippen molar-refractivity contribution >= 4 is 39.6 Å². The molecule has 0 aromatic carbocycles. The van der Waals surface area contributed by atoms with Crippen molar-refractivity contribution in [2.75, 3.05) is 36.6 Å². The van der Waals surface area contributed by atoms with Gasteiger partial charge in [-0.3, -0.25) is 4.79 Å². The quantitative estimate of drug-likeness (QED) is 0.861. The first-order valence-electron chi connectivity index (χ1n) is 7.32. The number of thioether (sulfide) groups is 1. The van der Waals surface area contributed by atoms with Crippen molar-refractivity contribution in [3.8, 4) is 5.75 Å². The normalized spacial score (nSPS) is 21.4. The van der Waals surface area contributed by atoms with E-state index in [1.165, 1.54) is 11.3 Å². The number of Topliss-reactive ketones (excluding diaryl/α,β-unsaturated/α-hetero) is 1. The number of thiophene rings is 1. The molecule has 2 heterocycles. The molecule has 0 radical (unpaired) electrons. The van der Waals surface area contributed by atoms with Crippen LogP contribution in [0.1, 0.15) is 36.4 Å². The lowest BCUT2D eigenvalue weighted by Gasteiger charge is -2.38. The predicted molar refractivity (Wildman–Crippen MR) is 91.1 cm³/mol. The minimum atomic E-state index is 0.192. The van der Waals surface area contributed by atoms with E-state index >= 15 is 0 Å². The predicted octanol–water partition coefficient (Wildman–Crippen LogP) is 3.26. The highest BCUT2D eigenvalue weighted by Gasteiger charge is 2.36. The topological polar surface area (TPSA) is 55.6 Å². The van der Waals surface area contributed by atoms with Crippen LogP contribution in [0.4, 0.5) is 10.7 Å². The Morgan fingerprint density at radius 3 is 2.71 bits per heavy atom. The Hall–Kier alpha value is -0.880. The van der Waals surface area contributed by atoms with Crippen LogP contribution < -0.4 is 15.4 Å². The van der Waals surface area contributed by atoms with Crippen LogP contribution in [0.2, 0.25) is 0 Å². The van der Waals surface area contributed by atoms with E-state index in [0.717, 1.165) is 36.7 Å². The number of nitrogen functional groups attached to an aromatic ring is 1. The van der Waals surface area contributed by atoms with Crippen molar-refractivity contribution in [2.24, 2.45) is 5.92 Å². The van der Waals surface area contributed by atoms with Crippen molar-refractivity contribution in [1.82, 2.24) is 0 Å². The first-order chi connectivity index (χ1) is 9.93. The van der Waals surface area contributed by atoms with Gasteiger partial charge in [0.05, 0.1) is 17.7 Å². The lowest BCUT2D eigenvalue weighted by Crippen LogP contribution is -2.42. The Kier molecular flexibility index (Phi) is 3.86. The third-order valence-corrected chi connectivity index (χ3v) is 6.53. The van der Waals surface area contributed by atoms with Gasteiger partial charge in [0.25, 0.3) is 0 Å². The van der Waals surface area contributed by atoms with E-state index in [4.69, 9.17) is 10.5 Å². The minimum absolute atomic E-state index is 0.192. The maximum Gasteiger partial charge on any atom is 0.178 e. The van der Waals surface area contributed by atoms with Crippen molar-refractivity contribution in [2.45, 2.75) is 31.4 Å². The molecule has 1 saturated carbocycles. The molecule has 21 heavy (non-hydrogen) atoms. The van der Waals surface area contributed by atoms with Crippen LogP contribution in [-0.4, -0.2) is 36.5 Å². The maximum atomic E-state index is 12.4. The van der Waals surface area contributed by atoms with Crippen LogP contribution in [0.3, 0.4) is 0 Å². The maximum absolute atomic E-state index is 12.4. The van der Waals surface area contributed by atoms with Gasteiger partial charge in [0.1, 0.15) is 5.00 Å². The summed E-state index contributed by atoms with van der Waals surface area (Å²) in [4.78, 5) is 15.4. The fourth-order valence-corrected chi connectivity index (χ4v) is 5.07. The number of methoxy groups -OCH3 is 1. The van der Waals surface area contributed by atoms with Crippen LogP contribution in [0.5, 0.6) is 5.75 Å². The number of hydrogen-bond acceptors (Lipinski definition) is 6. The largest absolute Gasteiger partial charge is 0.492 e. The molecule has 1 aromatic rings. The second-order valence-corrected chi connectivity index (χ2v) is 9.15. The fraction of sp³-hybridized carbons (Fsp3) is 0.667. The molecule has 0 unspecified atom stereocenters. The van der Waals surface area contributed by atoms with Crippen LogP contribution >= 0.6 is 23.1 Å². The average molecular weight is 326 g/mol. The van der Waals surface area contributed by atoms with Crippen LogP contribution in [0.25, 0.3) is 0 Å². The van der Waals surface area contributed by atoms with Gasteiger partial charge in [-0.2, -0.15) is 11.8 Å². The molecule has 0 atom stereocenters. The van der Waals surface area contributed by atoms with Crippen molar-refractivity contribution < 1.29 is 9.53 Å². The Morgan fingerprint density at radius 2 is 2.14 bits per heavy atom. The summed E-state index contributed by atoms with van der Waals surface area (Å²) < 4.78 is 5.72. The summed E-state index contributed by atoms with van der Waals surface area (Å²) in [5.74, 6) is 2.16. The van der Waals surface area contributed by atoms with E-state index in [0.29, 0.717) is 16.3 Å². The van der Waals surface area contributed by atoms with Gasteiger partial charge in [-0.1, -0.05) is 0 Å². The highest BCUT2D eigenvalue weighted by molar-refractivity contribution is 8.00. The van der Waals surface area contributed by atoms with Crippen LogP contribution in [0, 0.1) is 5.92 Å². The van der Waals surface area contributed by atoms with Crippen LogP contribution in [-0.2, 0) is 0 Å². The third-order valence-electron chi connectivity index (χ3n) is 3.97.